The lowest BCUT2D eigenvalue weighted by atomic mass is 9.73. The number of nitrogens with one attached hydrogen (secondary N) is 2. The van der Waals surface area contributed by atoms with Gasteiger partial charge >= 0.3 is 0 Å². The van der Waals surface area contributed by atoms with Gasteiger partial charge < -0.3 is 15.0 Å². The molecule has 1 aliphatic carbocycles. The molecule has 134 valence electrons. The number of fused-ring (bicyclic) bond motifs is 1. The van der Waals surface area contributed by atoms with Gasteiger partial charge in [0.05, 0.1) is 6.61 Å². The number of hydrogen-bond donors (Lipinski definition) is 2. The van der Waals surface area contributed by atoms with Gasteiger partial charge in [-0.2, -0.15) is 5.10 Å². The first kappa shape index (κ1) is 16.3. The minimum absolute atomic E-state index is 0.0600. The van der Waals surface area contributed by atoms with Gasteiger partial charge in [0, 0.05) is 30.9 Å². The molecule has 1 saturated carbocycles. The van der Waals surface area contributed by atoms with Crippen molar-refractivity contribution >= 4 is 11.8 Å². The minimum Gasteiger partial charge on any atom is -0.365 e. The van der Waals surface area contributed by atoms with Crippen LogP contribution >= 0.6 is 0 Å². The van der Waals surface area contributed by atoms with E-state index in [1.807, 2.05) is 4.90 Å². The molecule has 1 aromatic heterocycles. The van der Waals surface area contributed by atoms with Crippen LogP contribution in [0.25, 0.3) is 0 Å². The van der Waals surface area contributed by atoms with Crippen LogP contribution in [0.5, 0.6) is 0 Å². The van der Waals surface area contributed by atoms with Gasteiger partial charge in [0.15, 0.2) is 5.69 Å². The molecule has 2 amide bonds. The van der Waals surface area contributed by atoms with Gasteiger partial charge in [0.25, 0.3) is 11.8 Å². The minimum atomic E-state index is -0.556. The topological polar surface area (TPSA) is 104 Å². The number of aromatic amines is 1. The molecule has 0 unspecified atom stereocenters. The Labute approximate surface area is 144 Å². The van der Waals surface area contributed by atoms with Crippen LogP contribution in [0.3, 0.4) is 0 Å². The zero-order valence-electron chi connectivity index (χ0n) is 14.2. The number of carbonyl (C=O) groups excluding carboxylic acids is 2. The van der Waals surface area contributed by atoms with Crippen LogP contribution in [0.15, 0.2) is 10.9 Å². The number of hydrogen-bond acceptors (Lipinski definition) is 5. The van der Waals surface area contributed by atoms with Crippen LogP contribution in [-0.4, -0.2) is 58.3 Å². The largest absolute Gasteiger partial charge is 0.365 e. The molecule has 1 aromatic rings. The summed E-state index contributed by atoms with van der Waals surface area (Å²) in [5.74, 6) is 0.189. The summed E-state index contributed by atoms with van der Waals surface area (Å²) >= 11 is 0. The van der Waals surface area contributed by atoms with Crippen molar-refractivity contribution in [3.05, 3.63) is 27.7 Å². The van der Waals surface area contributed by atoms with Gasteiger partial charge in [-0.15, -0.1) is 0 Å². The van der Waals surface area contributed by atoms with Crippen molar-refractivity contribution in [1.29, 1.82) is 0 Å². The van der Waals surface area contributed by atoms with E-state index in [1.165, 1.54) is 6.07 Å². The lowest BCUT2D eigenvalue weighted by Gasteiger charge is -2.41. The molecule has 4 aliphatic rings. The highest BCUT2D eigenvalue weighted by Crippen LogP contribution is 2.49. The molecular weight excluding hydrogens is 324 g/mol. The number of piperidine rings is 1. The van der Waals surface area contributed by atoms with Crippen molar-refractivity contribution in [2.24, 2.45) is 5.92 Å². The van der Waals surface area contributed by atoms with Gasteiger partial charge in [-0.3, -0.25) is 19.5 Å². The fourth-order valence-electron chi connectivity index (χ4n) is 4.05. The number of aryl methyl sites for hydroxylation is 1. The summed E-state index contributed by atoms with van der Waals surface area (Å²) in [7, 11) is 0. The maximum atomic E-state index is 12.6. The zero-order chi connectivity index (χ0) is 17.6. The van der Waals surface area contributed by atoms with Crippen LogP contribution in [-0.2, 0) is 9.53 Å². The molecule has 0 atom stereocenters. The third kappa shape index (κ3) is 2.84. The van der Waals surface area contributed by atoms with Crippen LogP contribution in [0.1, 0.15) is 41.9 Å². The molecular formula is C17H22N4O4. The van der Waals surface area contributed by atoms with Crippen molar-refractivity contribution in [1.82, 2.24) is 20.4 Å². The molecule has 2 N–H and O–H groups in total. The summed E-state index contributed by atoms with van der Waals surface area (Å²) < 4.78 is 5.69. The van der Waals surface area contributed by atoms with Crippen molar-refractivity contribution in [2.75, 3.05) is 19.7 Å². The highest BCUT2D eigenvalue weighted by atomic mass is 16.5. The number of H-pyrrole nitrogens is 1. The van der Waals surface area contributed by atoms with Gasteiger partial charge in [0.1, 0.15) is 5.60 Å². The van der Waals surface area contributed by atoms with Crippen LogP contribution < -0.4 is 10.7 Å². The fourth-order valence-corrected chi connectivity index (χ4v) is 4.05. The summed E-state index contributed by atoms with van der Waals surface area (Å²) in [5.41, 5.74) is -0.457. The van der Waals surface area contributed by atoms with Crippen LogP contribution in [0.2, 0.25) is 0 Å². The Morgan fingerprint density at radius 2 is 2.08 bits per heavy atom. The monoisotopic (exact) mass is 346 g/mol. The second kappa shape index (κ2) is 5.94. The summed E-state index contributed by atoms with van der Waals surface area (Å²) in [6.07, 6.45) is 3.04. The van der Waals surface area contributed by atoms with E-state index in [1.54, 1.807) is 6.92 Å². The van der Waals surface area contributed by atoms with E-state index in [9.17, 15) is 14.4 Å². The number of amides is 2. The molecule has 5 rings (SSSR count). The average molecular weight is 346 g/mol. The van der Waals surface area contributed by atoms with Gasteiger partial charge in [-0.25, -0.2) is 0 Å². The first-order valence-electron chi connectivity index (χ1n) is 8.77. The number of likely N-dealkylation sites (tertiary alicyclic amines) is 1. The summed E-state index contributed by atoms with van der Waals surface area (Å²) in [6.45, 7) is 3.60. The molecule has 3 aliphatic heterocycles. The molecule has 4 heterocycles. The van der Waals surface area contributed by atoms with Crippen LogP contribution in [0, 0.1) is 12.8 Å². The number of aromatic nitrogens is 2. The SMILES string of the molecule is Cc1cc(=O)c(C(=O)NC2CCN(C(=O)C34CC(CO3)C4)CC2)n[nH]1. The summed E-state index contributed by atoms with van der Waals surface area (Å²) in [6, 6.07) is 1.30. The standard InChI is InChI=1S/C17H22N4O4/c1-10-6-13(22)14(20-19-10)15(23)18-12-2-4-21(5-3-12)16(24)17-7-11(8-17)9-25-17/h6,11-12H,2-5,7-9H2,1H3,(H,18,23)(H,19,22). The van der Waals surface area contributed by atoms with E-state index >= 15 is 0 Å². The molecule has 0 aromatic carbocycles. The van der Waals surface area contributed by atoms with Gasteiger partial charge in [-0.1, -0.05) is 0 Å². The predicted octanol–water partition coefficient (Wildman–Crippen LogP) is -0.0219. The molecule has 4 fully saturated rings. The van der Waals surface area contributed by atoms with Crippen molar-refractivity contribution in [3.63, 3.8) is 0 Å². The third-order valence-electron chi connectivity index (χ3n) is 5.48. The maximum absolute atomic E-state index is 12.6. The third-order valence-corrected chi connectivity index (χ3v) is 5.48. The fraction of sp³-hybridized carbons (Fsp3) is 0.647. The van der Waals surface area contributed by atoms with Gasteiger partial charge in [-0.05, 0) is 38.5 Å². The number of rotatable bonds is 3. The Balaban J connectivity index is 1.32. The van der Waals surface area contributed by atoms with E-state index in [4.69, 9.17) is 4.74 Å². The first-order chi connectivity index (χ1) is 12.0. The Bertz CT molecular complexity index is 755. The molecule has 0 spiro atoms. The lowest BCUT2D eigenvalue weighted by Crippen LogP contribution is -2.56. The van der Waals surface area contributed by atoms with Crippen molar-refractivity contribution in [2.45, 2.75) is 44.2 Å². The zero-order valence-corrected chi connectivity index (χ0v) is 14.2. The predicted molar refractivity (Wildman–Crippen MR) is 88.1 cm³/mol. The summed E-state index contributed by atoms with van der Waals surface area (Å²) in [4.78, 5) is 38.6. The Morgan fingerprint density at radius 3 is 2.68 bits per heavy atom. The van der Waals surface area contributed by atoms with E-state index in [0.717, 1.165) is 12.8 Å². The normalized spacial score (nSPS) is 28.5. The molecule has 8 nitrogen and oxygen atoms in total. The van der Waals surface area contributed by atoms with Crippen molar-refractivity contribution < 1.29 is 14.3 Å². The molecule has 8 heteroatoms. The van der Waals surface area contributed by atoms with Crippen molar-refractivity contribution in [3.8, 4) is 0 Å². The highest BCUT2D eigenvalue weighted by molar-refractivity contribution is 5.92. The number of ether oxygens (including phenoxy) is 1. The summed E-state index contributed by atoms with van der Waals surface area (Å²) in [5, 5.41) is 9.32. The molecule has 3 saturated heterocycles. The molecule has 2 bridgehead atoms. The number of nitrogens with zero attached hydrogens (tertiary/aromatic N) is 2. The Hall–Kier alpha value is -2.22. The second-order valence-corrected chi connectivity index (χ2v) is 7.38. The first-order valence-corrected chi connectivity index (χ1v) is 8.77. The van der Waals surface area contributed by atoms with E-state index in [2.05, 4.69) is 15.5 Å². The molecule has 0 radical (unpaired) electrons. The second-order valence-electron chi connectivity index (χ2n) is 7.38. The number of carbonyl (C=O) groups is 2. The Morgan fingerprint density at radius 1 is 1.36 bits per heavy atom. The van der Waals surface area contributed by atoms with E-state index < -0.39 is 16.9 Å². The highest BCUT2D eigenvalue weighted by Gasteiger charge is 2.58. The average Bonchev–Trinajstić information content (AvgIpc) is 3.16. The van der Waals surface area contributed by atoms with Gasteiger partial charge in [0.2, 0.25) is 5.43 Å². The van der Waals surface area contributed by atoms with E-state index in [-0.39, 0.29) is 17.6 Å². The Kier molecular flexibility index (Phi) is 3.87. The van der Waals surface area contributed by atoms with Crippen LogP contribution in [0.4, 0.5) is 0 Å². The quantitative estimate of drug-likeness (QED) is 0.800. The molecule has 25 heavy (non-hydrogen) atoms. The van der Waals surface area contributed by atoms with E-state index in [0.29, 0.717) is 44.1 Å². The lowest BCUT2D eigenvalue weighted by molar-refractivity contribution is -0.156. The smallest absolute Gasteiger partial charge is 0.276 e. The maximum Gasteiger partial charge on any atom is 0.276 e.